The van der Waals surface area contributed by atoms with Gasteiger partial charge in [0.25, 0.3) is 0 Å². The van der Waals surface area contributed by atoms with Gasteiger partial charge >= 0.3 is 0 Å². The van der Waals surface area contributed by atoms with E-state index in [4.69, 9.17) is 4.42 Å². The van der Waals surface area contributed by atoms with Crippen molar-refractivity contribution in [2.45, 2.75) is 38.3 Å². The van der Waals surface area contributed by atoms with Crippen LogP contribution in [-0.4, -0.2) is 33.4 Å². The molecule has 2 aromatic heterocycles. The molecule has 1 saturated carbocycles. The van der Waals surface area contributed by atoms with Crippen LogP contribution in [0.4, 0.5) is 0 Å². The van der Waals surface area contributed by atoms with Crippen LogP contribution in [-0.2, 0) is 24.9 Å². The minimum atomic E-state index is -0.159. The van der Waals surface area contributed by atoms with E-state index in [0.29, 0.717) is 12.5 Å². The van der Waals surface area contributed by atoms with Crippen molar-refractivity contribution in [3.63, 3.8) is 0 Å². The molecule has 0 spiro atoms. The third kappa shape index (κ3) is 2.98. The SMILES string of the molecule is Cn1cnc2c1[C@H](C(=O)NCC1CCC1)CN(Cc1ccoc1)C2. The van der Waals surface area contributed by atoms with Crippen molar-refractivity contribution in [1.82, 2.24) is 19.8 Å². The van der Waals surface area contributed by atoms with E-state index in [1.165, 1.54) is 19.3 Å². The summed E-state index contributed by atoms with van der Waals surface area (Å²) in [7, 11) is 1.98. The van der Waals surface area contributed by atoms with Crippen molar-refractivity contribution in [3.05, 3.63) is 41.9 Å². The monoisotopic (exact) mass is 328 g/mol. The maximum atomic E-state index is 12.8. The summed E-state index contributed by atoms with van der Waals surface area (Å²) in [5.74, 6) is 0.641. The Kier molecular flexibility index (Phi) is 4.14. The molecule has 2 aromatic rings. The standard InChI is InChI=1S/C18H24N4O2/c1-21-12-20-16-10-22(8-14-5-6-24-11-14)9-15(17(16)21)18(23)19-7-13-3-2-4-13/h5-6,11-13,15H,2-4,7-10H2,1H3,(H,19,23)/t15-/m1/s1. The molecule has 2 aliphatic rings. The third-order valence-electron chi connectivity index (χ3n) is 5.30. The van der Waals surface area contributed by atoms with Gasteiger partial charge in [0.15, 0.2) is 0 Å². The lowest BCUT2D eigenvalue weighted by molar-refractivity contribution is -0.123. The lowest BCUT2D eigenvalue weighted by Crippen LogP contribution is -2.43. The van der Waals surface area contributed by atoms with Gasteiger partial charge in [-0.05, 0) is 24.8 Å². The van der Waals surface area contributed by atoms with E-state index < -0.39 is 0 Å². The molecule has 128 valence electrons. The van der Waals surface area contributed by atoms with Gasteiger partial charge in [0.1, 0.15) is 0 Å². The fraction of sp³-hybridized carbons (Fsp3) is 0.556. The van der Waals surface area contributed by atoms with E-state index in [1.807, 2.05) is 24.0 Å². The largest absolute Gasteiger partial charge is 0.472 e. The van der Waals surface area contributed by atoms with Gasteiger partial charge in [0, 0.05) is 38.8 Å². The second-order valence-electron chi connectivity index (χ2n) is 7.08. The summed E-state index contributed by atoms with van der Waals surface area (Å²) in [4.78, 5) is 19.6. The molecule has 4 rings (SSSR count). The Morgan fingerprint density at radius 1 is 1.46 bits per heavy atom. The van der Waals surface area contributed by atoms with Gasteiger partial charge < -0.3 is 14.3 Å². The van der Waals surface area contributed by atoms with Crippen LogP contribution in [0.2, 0.25) is 0 Å². The van der Waals surface area contributed by atoms with Crippen molar-refractivity contribution < 1.29 is 9.21 Å². The number of hydrogen-bond acceptors (Lipinski definition) is 4. The first-order chi connectivity index (χ1) is 11.7. The molecule has 1 fully saturated rings. The first-order valence-electron chi connectivity index (χ1n) is 8.72. The van der Waals surface area contributed by atoms with Gasteiger partial charge in [0.2, 0.25) is 5.91 Å². The van der Waals surface area contributed by atoms with Gasteiger partial charge in [0.05, 0.1) is 36.2 Å². The van der Waals surface area contributed by atoms with Crippen LogP contribution in [0.5, 0.6) is 0 Å². The predicted molar refractivity (Wildman–Crippen MR) is 89.1 cm³/mol. The van der Waals surface area contributed by atoms with Crippen molar-refractivity contribution in [1.29, 1.82) is 0 Å². The molecule has 0 radical (unpaired) electrons. The Bertz CT molecular complexity index is 703. The number of carbonyl (C=O) groups is 1. The zero-order valence-electron chi connectivity index (χ0n) is 14.1. The fourth-order valence-corrected chi connectivity index (χ4v) is 3.71. The molecule has 1 aliphatic carbocycles. The lowest BCUT2D eigenvalue weighted by atomic mass is 9.85. The van der Waals surface area contributed by atoms with Crippen LogP contribution in [0.25, 0.3) is 0 Å². The second kappa shape index (κ2) is 6.43. The Morgan fingerprint density at radius 2 is 2.33 bits per heavy atom. The number of hydrogen-bond donors (Lipinski definition) is 1. The van der Waals surface area contributed by atoms with E-state index in [1.54, 1.807) is 12.5 Å². The molecule has 1 N–H and O–H groups in total. The lowest BCUT2D eigenvalue weighted by Gasteiger charge is -2.33. The number of nitrogens with zero attached hydrogens (tertiary/aromatic N) is 3. The van der Waals surface area contributed by atoms with E-state index in [-0.39, 0.29) is 11.8 Å². The van der Waals surface area contributed by atoms with E-state index in [9.17, 15) is 4.79 Å². The van der Waals surface area contributed by atoms with E-state index in [0.717, 1.165) is 36.6 Å². The molecule has 6 heteroatoms. The molecule has 6 nitrogen and oxygen atoms in total. The number of nitrogens with one attached hydrogen (secondary N) is 1. The number of aryl methyl sites for hydroxylation is 1. The molecule has 0 unspecified atom stereocenters. The Balaban J connectivity index is 1.49. The van der Waals surface area contributed by atoms with Crippen LogP contribution < -0.4 is 5.32 Å². The number of carbonyl (C=O) groups excluding carboxylic acids is 1. The predicted octanol–water partition coefficient (Wildman–Crippen LogP) is 2.03. The Hall–Kier alpha value is -2.08. The summed E-state index contributed by atoms with van der Waals surface area (Å²) >= 11 is 0. The smallest absolute Gasteiger partial charge is 0.230 e. The number of furan rings is 1. The van der Waals surface area contributed by atoms with Gasteiger partial charge in [-0.15, -0.1) is 0 Å². The second-order valence-corrected chi connectivity index (χ2v) is 7.08. The topological polar surface area (TPSA) is 63.3 Å². The number of imidazole rings is 1. The third-order valence-corrected chi connectivity index (χ3v) is 5.30. The molecule has 24 heavy (non-hydrogen) atoms. The van der Waals surface area contributed by atoms with Crippen LogP contribution >= 0.6 is 0 Å². The molecule has 0 bridgehead atoms. The highest BCUT2D eigenvalue weighted by atomic mass is 16.3. The molecule has 1 aliphatic heterocycles. The fourth-order valence-electron chi connectivity index (χ4n) is 3.71. The summed E-state index contributed by atoms with van der Waals surface area (Å²) in [6.07, 6.45) is 9.06. The first kappa shape index (κ1) is 15.4. The maximum absolute atomic E-state index is 12.8. The van der Waals surface area contributed by atoms with Crippen LogP contribution in [0, 0.1) is 5.92 Å². The van der Waals surface area contributed by atoms with Gasteiger partial charge in [-0.1, -0.05) is 6.42 Å². The van der Waals surface area contributed by atoms with Crippen LogP contribution in [0.3, 0.4) is 0 Å². The average molecular weight is 328 g/mol. The summed E-state index contributed by atoms with van der Waals surface area (Å²) in [6.45, 7) is 3.07. The summed E-state index contributed by atoms with van der Waals surface area (Å²) < 4.78 is 7.16. The molecule has 0 aromatic carbocycles. The number of aromatic nitrogens is 2. The summed E-state index contributed by atoms with van der Waals surface area (Å²) in [5, 5.41) is 3.17. The number of amides is 1. The molecular formula is C18H24N4O2. The maximum Gasteiger partial charge on any atom is 0.230 e. The molecular weight excluding hydrogens is 304 g/mol. The van der Waals surface area contributed by atoms with Crippen molar-refractivity contribution >= 4 is 5.91 Å². The van der Waals surface area contributed by atoms with E-state index in [2.05, 4.69) is 15.2 Å². The van der Waals surface area contributed by atoms with Crippen molar-refractivity contribution in [2.75, 3.05) is 13.1 Å². The Labute approximate surface area is 141 Å². The quantitative estimate of drug-likeness (QED) is 0.912. The van der Waals surface area contributed by atoms with Crippen molar-refractivity contribution in [3.8, 4) is 0 Å². The highest BCUT2D eigenvalue weighted by Crippen LogP contribution is 2.29. The minimum absolute atomic E-state index is 0.128. The molecule has 1 atom stereocenters. The number of rotatable bonds is 5. The zero-order chi connectivity index (χ0) is 16.5. The number of fused-ring (bicyclic) bond motifs is 1. The van der Waals surface area contributed by atoms with Crippen molar-refractivity contribution in [2.24, 2.45) is 13.0 Å². The average Bonchev–Trinajstić information content (AvgIpc) is 3.15. The molecule has 1 amide bonds. The van der Waals surface area contributed by atoms with E-state index >= 15 is 0 Å². The highest BCUT2D eigenvalue weighted by Gasteiger charge is 2.34. The van der Waals surface area contributed by atoms with Gasteiger partial charge in [-0.2, -0.15) is 0 Å². The van der Waals surface area contributed by atoms with Crippen LogP contribution in [0.15, 0.2) is 29.3 Å². The molecule has 0 saturated heterocycles. The van der Waals surface area contributed by atoms with Gasteiger partial charge in [-0.3, -0.25) is 9.69 Å². The highest BCUT2D eigenvalue weighted by molar-refractivity contribution is 5.84. The summed E-state index contributed by atoms with van der Waals surface area (Å²) in [6, 6.07) is 1.97. The zero-order valence-corrected chi connectivity index (χ0v) is 14.1. The van der Waals surface area contributed by atoms with Gasteiger partial charge in [-0.25, -0.2) is 4.98 Å². The normalized spacial score (nSPS) is 21.3. The minimum Gasteiger partial charge on any atom is -0.472 e. The first-order valence-corrected chi connectivity index (χ1v) is 8.72. The van der Waals surface area contributed by atoms with Crippen LogP contribution in [0.1, 0.15) is 42.1 Å². The molecule has 3 heterocycles. The summed E-state index contributed by atoms with van der Waals surface area (Å²) in [5.41, 5.74) is 3.20. The Morgan fingerprint density at radius 3 is 3.04 bits per heavy atom.